The molecule has 0 aliphatic rings. The number of rotatable bonds is 2. The number of hydrogen-bond acceptors (Lipinski definition) is 5. The minimum atomic E-state index is -4.89. The molecule has 0 aliphatic carbocycles. The molecule has 0 aliphatic heterocycles. The Labute approximate surface area is 88.4 Å². The summed E-state index contributed by atoms with van der Waals surface area (Å²) in [5.74, 6) is -0.799. The number of nitrogen functional groups attached to an aromatic ring is 1. The molecular weight excluding hydrogens is 225 g/mol. The van der Waals surface area contributed by atoms with Crippen LogP contribution in [0.15, 0.2) is 6.07 Å². The summed E-state index contributed by atoms with van der Waals surface area (Å²) in [5, 5.41) is 8.63. The van der Waals surface area contributed by atoms with Gasteiger partial charge in [-0.25, -0.2) is 4.98 Å². The molecule has 0 amide bonds. The van der Waals surface area contributed by atoms with Gasteiger partial charge in [0.2, 0.25) is 5.88 Å². The normalized spacial score (nSPS) is 10.9. The van der Waals surface area contributed by atoms with Crippen molar-refractivity contribution in [2.24, 2.45) is 5.73 Å². The molecule has 0 saturated carbocycles. The summed E-state index contributed by atoms with van der Waals surface area (Å²) in [6, 6.07) is 2.76. The molecule has 5 nitrogen and oxygen atoms in total. The van der Waals surface area contributed by atoms with Crippen molar-refractivity contribution in [1.29, 1.82) is 5.26 Å². The van der Waals surface area contributed by atoms with E-state index >= 15 is 0 Å². The van der Waals surface area contributed by atoms with Crippen LogP contribution in [0, 0.1) is 11.3 Å². The molecule has 0 atom stereocenters. The third-order valence-electron chi connectivity index (χ3n) is 1.62. The number of nitriles is 1. The van der Waals surface area contributed by atoms with Gasteiger partial charge in [0.1, 0.15) is 6.07 Å². The summed E-state index contributed by atoms with van der Waals surface area (Å²) in [4.78, 5) is 3.43. The maximum Gasteiger partial charge on any atom is 0.574 e. The number of aromatic nitrogens is 1. The first-order valence-electron chi connectivity index (χ1n) is 4.02. The summed E-state index contributed by atoms with van der Waals surface area (Å²) in [5.41, 5.74) is 10.1. The Bertz CT molecular complexity index is 438. The van der Waals surface area contributed by atoms with Gasteiger partial charge < -0.3 is 16.2 Å². The van der Waals surface area contributed by atoms with Gasteiger partial charge in [0.15, 0.2) is 0 Å². The Balaban J connectivity index is 3.18. The van der Waals surface area contributed by atoms with Gasteiger partial charge in [-0.2, -0.15) is 5.26 Å². The number of anilines is 1. The number of hydrogen-bond donors (Lipinski definition) is 2. The summed E-state index contributed by atoms with van der Waals surface area (Å²) in [6.45, 7) is -0.183. The van der Waals surface area contributed by atoms with Crippen molar-refractivity contribution in [2.75, 3.05) is 5.73 Å². The summed E-state index contributed by atoms with van der Waals surface area (Å²) in [6.07, 6.45) is -4.89. The fourth-order valence-corrected chi connectivity index (χ4v) is 0.992. The Kier molecular flexibility index (Phi) is 3.20. The van der Waals surface area contributed by atoms with Gasteiger partial charge in [0.25, 0.3) is 0 Å². The summed E-state index contributed by atoms with van der Waals surface area (Å²) in [7, 11) is 0. The molecule has 1 aromatic rings. The highest BCUT2D eigenvalue weighted by Crippen LogP contribution is 2.27. The molecule has 0 bridgehead atoms. The predicted molar refractivity (Wildman–Crippen MR) is 47.9 cm³/mol. The minimum absolute atomic E-state index is 0.00375. The third-order valence-corrected chi connectivity index (χ3v) is 1.62. The van der Waals surface area contributed by atoms with E-state index in [-0.39, 0.29) is 23.5 Å². The van der Waals surface area contributed by atoms with E-state index in [1.165, 1.54) is 0 Å². The number of nitrogens with zero attached hydrogens (tertiary/aromatic N) is 2. The van der Waals surface area contributed by atoms with Gasteiger partial charge in [-0.05, 0) is 6.07 Å². The Morgan fingerprint density at radius 3 is 2.56 bits per heavy atom. The molecule has 0 saturated heterocycles. The zero-order valence-corrected chi connectivity index (χ0v) is 7.88. The maximum atomic E-state index is 11.9. The maximum absolute atomic E-state index is 11.9. The second kappa shape index (κ2) is 4.24. The van der Waals surface area contributed by atoms with E-state index in [1.54, 1.807) is 6.07 Å². The molecule has 0 spiro atoms. The van der Waals surface area contributed by atoms with Gasteiger partial charge in [-0.15, -0.1) is 13.2 Å². The standard InChI is InChI=1S/C8H7F3N4O/c9-8(10,11)16-7-5(14)1-4(2-12)6(3-13)15-7/h1H,3,13-14H2. The fraction of sp³-hybridized carbons (Fsp3) is 0.250. The van der Waals surface area contributed by atoms with Crippen LogP contribution in [0.2, 0.25) is 0 Å². The topological polar surface area (TPSA) is 98.0 Å². The Hall–Kier alpha value is -2.01. The SMILES string of the molecule is N#Cc1cc(N)c(OC(F)(F)F)nc1CN. The molecule has 0 fully saturated rings. The molecule has 0 radical (unpaired) electrons. The van der Waals surface area contributed by atoms with Gasteiger partial charge in [-0.1, -0.05) is 0 Å². The van der Waals surface area contributed by atoms with Crippen LogP contribution in [-0.4, -0.2) is 11.3 Å². The quantitative estimate of drug-likeness (QED) is 0.789. The first-order chi connectivity index (χ1) is 7.37. The minimum Gasteiger partial charge on any atom is -0.394 e. The third kappa shape index (κ3) is 2.74. The number of ether oxygens (including phenoxy) is 1. The zero-order valence-electron chi connectivity index (χ0n) is 7.88. The van der Waals surface area contributed by atoms with Crippen LogP contribution < -0.4 is 16.2 Å². The van der Waals surface area contributed by atoms with Gasteiger partial charge in [-0.3, -0.25) is 0 Å². The molecular formula is C8H7F3N4O. The Morgan fingerprint density at radius 1 is 1.50 bits per heavy atom. The molecule has 1 heterocycles. The highest BCUT2D eigenvalue weighted by Gasteiger charge is 2.33. The van der Waals surface area contributed by atoms with E-state index in [0.717, 1.165) is 6.07 Å². The molecule has 0 unspecified atom stereocenters. The lowest BCUT2D eigenvalue weighted by Crippen LogP contribution is -2.20. The smallest absolute Gasteiger partial charge is 0.394 e. The summed E-state index contributed by atoms with van der Waals surface area (Å²) < 4.78 is 39.3. The summed E-state index contributed by atoms with van der Waals surface area (Å²) >= 11 is 0. The molecule has 16 heavy (non-hydrogen) atoms. The van der Waals surface area contributed by atoms with Crippen LogP contribution in [-0.2, 0) is 6.54 Å². The first-order valence-corrected chi connectivity index (χ1v) is 4.02. The van der Waals surface area contributed by atoms with E-state index < -0.39 is 12.2 Å². The monoisotopic (exact) mass is 232 g/mol. The van der Waals surface area contributed by atoms with Crippen LogP contribution in [0.1, 0.15) is 11.3 Å². The van der Waals surface area contributed by atoms with E-state index in [1.807, 2.05) is 0 Å². The Morgan fingerprint density at radius 2 is 2.12 bits per heavy atom. The van der Waals surface area contributed by atoms with Crippen molar-refractivity contribution >= 4 is 5.69 Å². The number of alkyl halides is 3. The van der Waals surface area contributed by atoms with E-state index in [4.69, 9.17) is 16.7 Å². The largest absolute Gasteiger partial charge is 0.574 e. The van der Waals surface area contributed by atoms with Crippen molar-refractivity contribution < 1.29 is 17.9 Å². The highest BCUT2D eigenvalue weighted by atomic mass is 19.4. The van der Waals surface area contributed by atoms with Crippen molar-refractivity contribution in [2.45, 2.75) is 12.9 Å². The van der Waals surface area contributed by atoms with Crippen LogP contribution >= 0.6 is 0 Å². The molecule has 1 aromatic heterocycles. The molecule has 4 N–H and O–H groups in total. The number of pyridine rings is 1. The van der Waals surface area contributed by atoms with E-state index in [2.05, 4.69) is 9.72 Å². The van der Waals surface area contributed by atoms with Crippen molar-refractivity contribution in [3.05, 3.63) is 17.3 Å². The number of halogens is 3. The molecule has 1 rings (SSSR count). The fourth-order valence-electron chi connectivity index (χ4n) is 0.992. The molecule has 8 heteroatoms. The lowest BCUT2D eigenvalue weighted by molar-refractivity contribution is -0.275. The highest BCUT2D eigenvalue weighted by molar-refractivity contribution is 5.54. The zero-order chi connectivity index (χ0) is 12.3. The van der Waals surface area contributed by atoms with E-state index in [0.29, 0.717) is 0 Å². The predicted octanol–water partition coefficient (Wildman–Crippen LogP) is 0.893. The second-order valence-electron chi connectivity index (χ2n) is 2.74. The molecule has 0 aromatic carbocycles. The molecule has 86 valence electrons. The van der Waals surface area contributed by atoms with Crippen LogP contribution in [0.5, 0.6) is 5.88 Å². The lowest BCUT2D eigenvalue weighted by atomic mass is 10.2. The van der Waals surface area contributed by atoms with Crippen LogP contribution in [0.4, 0.5) is 18.9 Å². The van der Waals surface area contributed by atoms with E-state index in [9.17, 15) is 13.2 Å². The van der Waals surface area contributed by atoms with Crippen molar-refractivity contribution in [3.8, 4) is 11.9 Å². The van der Waals surface area contributed by atoms with Crippen molar-refractivity contribution in [3.63, 3.8) is 0 Å². The second-order valence-corrected chi connectivity index (χ2v) is 2.74. The van der Waals surface area contributed by atoms with Crippen LogP contribution in [0.25, 0.3) is 0 Å². The average molecular weight is 232 g/mol. The van der Waals surface area contributed by atoms with Crippen molar-refractivity contribution in [1.82, 2.24) is 4.98 Å². The number of nitrogens with two attached hydrogens (primary N) is 2. The van der Waals surface area contributed by atoms with Crippen LogP contribution in [0.3, 0.4) is 0 Å². The lowest BCUT2D eigenvalue weighted by Gasteiger charge is -2.11. The van der Waals surface area contributed by atoms with Gasteiger partial charge >= 0.3 is 6.36 Å². The first kappa shape index (κ1) is 12.1. The average Bonchev–Trinajstić information content (AvgIpc) is 2.18. The van der Waals surface area contributed by atoms with Gasteiger partial charge in [0.05, 0.1) is 16.9 Å². The van der Waals surface area contributed by atoms with Gasteiger partial charge in [0, 0.05) is 6.54 Å².